The second-order valence-electron chi connectivity index (χ2n) is 10.9. The van der Waals surface area contributed by atoms with Crippen LogP contribution in [0.3, 0.4) is 0 Å². The topological polar surface area (TPSA) is 59.0 Å². The molecule has 0 bridgehead atoms. The summed E-state index contributed by atoms with van der Waals surface area (Å²) in [6.07, 6.45) is 6.86. The summed E-state index contributed by atoms with van der Waals surface area (Å²) in [6, 6.07) is 12.0. The summed E-state index contributed by atoms with van der Waals surface area (Å²) in [6.45, 7) is 6.40. The van der Waals surface area contributed by atoms with E-state index in [0.29, 0.717) is 23.0 Å². The van der Waals surface area contributed by atoms with Crippen molar-refractivity contribution in [3.63, 3.8) is 0 Å². The number of aromatic nitrogens is 1. The predicted octanol–water partition coefficient (Wildman–Crippen LogP) is 5.21. The number of fused-ring (bicyclic) bond motifs is 2. The molecule has 2 fully saturated rings. The molecule has 0 atom stereocenters. The van der Waals surface area contributed by atoms with Gasteiger partial charge in [-0.1, -0.05) is 12.8 Å². The molecule has 0 spiro atoms. The molecule has 1 N–H and O–H groups in total. The highest BCUT2D eigenvalue weighted by Crippen LogP contribution is 2.43. The highest BCUT2D eigenvalue weighted by atomic mass is 16.5. The van der Waals surface area contributed by atoms with Crippen molar-refractivity contribution in [1.29, 1.82) is 0 Å². The Kier molecular flexibility index (Phi) is 6.89. The number of hydrogen-bond donors (Lipinski definition) is 1. The van der Waals surface area contributed by atoms with Crippen molar-refractivity contribution >= 4 is 28.4 Å². The van der Waals surface area contributed by atoms with Crippen LogP contribution in [-0.2, 0) is 6.54 Å². The zero-order chi connectivity index (χ0) is 26.2. The quantitative estimate of drug-likeness (QED) is 0.437. The zero-order valence-electron chi connectivity index (χ0n) is 22.8. The molecule has 3 aliphatic rings. The van der Waals surface area contributed by atoms with Crippen LogP contribution in [-0.4, -0.2) is 74.1 Å². The molecular formula is C31H38N4O3. The molecule has 38 heavy (non-hydrogen) atoms. The first kappa shape index (κ1) is 25.0. The molecule has 3 heterocycles. The lowest BCUT2D eigenvalue weighted by Crippen LogP contribution is -2.45. The van der Waals surface area contributed by atoms with Gasteiger partial charge in [-0.3, -0.25) is 9.69 Å². The number of nitrogens with zero attached hydrogens (tertiary/aromatic N) is 3. The first-order valence-electron chi connectivity index (χ1n) is 13.9. The SMILES string of the molecule is CNc1ccc2c(c1)C(=O)/C(=C/c1c(C3CCCC3)n(CCN3CCN(C)CC3)c3ccc(OC)cc13)O2. The van der Waals surface area contributed by atoms with Crippen LogP contribution in [0.25, 0.3) is 17.0 Å². The molecule has 1 saturated carbocycles. The summed E-state index contributed by atoms with van der Waals surface area (Å²) >= 11 is 0. The second-order valence-corrected chi connectivity index (χ2v) is 10.9. The third-order valence-electron chi connectivity index (χ3n) is 8.56. The Labute approximate surface area is 225 Å². The fourth-order valence-electron chi connectivity index (χ4n) is 6.33. The number of likely N-dealkylation sites (N-methyl/N-ethyl adjacent to an activating group) is 1. The van der Waals surface area contributed by atoms with Gasteiger partial charge in [0.25, 0.3) is 0 Å². The standard InChI is InChI=1S/C31H38N4O3/c1-32-22-8-11-28-26(18-22)31(36)29(38-28)20-25-24-19-23(37-3)9-10-27(24)35(30(25)21-6-4-5-7-21)17-16-34-14-12-33(2)13-15-34/h8-11,18-21,32H,4-7,12-17H2,1-3H3/b29-20-. The van der Waals surface area contributed by atoms with Crippen LogP contribution in [0.4, 0.5) is 5.69 Å². The minimum Gasteiger partial charge on any atom is -0.497 e. The van der Waals surface area contributed by atoms with Crippen molar-refractivity contribution in [3.05, 3.63) is 59.0 Å². The third kappa shape index (κ3) is 4.58. The Morgan fingerprint density at radius 2 is 1.84 bits per heavy atom. The smallest absolute Gasteiger partial charge is 0.232 e. The minimum absolute atomic E-state index is 0.0595. The van der Waals surface area contributed by atoms with Crippen molar-refractivity contribution in [3.8, 4) is 11.5 Å². The summed E-state index contributed by atoms with van der Waals surface area (Å²) in [5, 5.41) is 4.25. The Hall–Kier alpha value is -3.29. The Morgan fingerprint density at radius 3 is 2.58 bits per heavy atom. The van der Waals surface area contributed by atoms with Gasteiger partial charge in [-0.25, -0.2) is 0 Å². The summed E-state index contributed by atoms with van der Waals surface area (Å²) in [5.41, 5.74) is 5.17. The van der Waals surface area contributed by atoms with Crippen molar-refractivity contribution in [1.82, 2.24) is 14.4 Å². The number of rotatable bonds is 7. The van der Waals surface area contributed by atoms with E-state index in [4.69, 9.17) is 9.47 Å². The summed E-state index contributed by atoms with van der Waals surface area (Å²) in [5.74, 6) is 2.26. The average Bonchev–Trinajstić information content (AvgIpc) is 3.65. The van der Waals surface area contributed by atoms with Gasteiger partial charge < -0.3 is 24.3 Å². The van der Waals surface area contributed by atoms with Crippen molar-refractivity contribution in [2.24, 2.45) is 0 Å². The maximum atomic E-state index is 13.5. The molecule has 0 unspecified atom stereocenters. The van der Waals surface area contributed by atoms with Crippen LogP contribution in [0.2, 0.25) is 0 Å². The fraction of sp³-hybridized carbons (Fsp3) is 0.452. The van der Waals surface area contributed by atoms with Crippen molar-refractivity contribution in [2.75, 3.05) is 59.2 Å². The van der Waals surface area contributed by atoms with Crippen molar-refractivity contribution < 1.29 is 14.3 Å². The van der Waals surface area contributed by atoms with Gasteiger partial charge in [0.15, 0.2) is 5.76 Å². The number of ketones is 1. The largest absolute Gasteiger partial charge is 0.497 e. The van der Waals surface area contributed by atoms with E-state index in [2.05, 4.69) is 44.9 Å². The molecule has 0 amide bonds. The number of methoxy groups -OCH3 is 1. The molecule has 200 valence electrons. The van der Waals surface area contributed by atoms with E-state index in [-0.39, 0.29) is 5.78 Å². The van der Waals surface area contributed by atoms with Crippen LogP contribution < -0.4 is 14.8 Å². The molecule has 1 saturated heterocycles. The molecule has 0 radical (unpaired) electrons. The second kappa shape index (κ2) is 10.5. The highest BCUT2D eigenvalue weighted by Gasteiger charge is 2.31. The molecule has 3 aromatic rings. The maximum absolute atomic E-state index is 13.5. The van der Waals surface area contributed by atoms with Gasteiger partial charge in [-0.15, -0.1) is 0 Å². The van der Waals surface area contributed by atoms with Gasteiger partial charge in [0.05, 0.1) is 12.7 Å². The number of carbonyl (C=O) groups excluding carboxylic acids is 1. The summed E-state index contributed by atoms with van der Waals surface area (Å²) in [4.78, 5) is 18.4. The Morgan fingerprint density at radius 1 is 1.05 bits per heavy atom. The number of Topliss-reactive ketones (excluding diaryl/α,β-unsaturated/α-hetero) is 1. The van der Waals surface area contributed by atoms with Gasteiger partial charge in [0.2, 0.25) is 5.78 Å². The van der Waals surface area contributed by atoms with Gasteiger partial charge in [0, 0.05) is 74.2 Å². The third-order valence-corrected chi connectivity index (χ3v) is 8.56. The molecule has 1 aliphatic carbocycles. The molecule has 7 heteroatoms. The van der Waals surface area contributed by atoms with Gasteiger partial charge in [0.1, 0.15) is 11.5 Å². The lowest BCUT2D eigenvalue weighted by atomic mass is 9.97. The van der Waals surface area contributed by atoms with E-state index < -0.39 is 0 Å². The van der Waals surface area contributed by atoms with Crippen LogP contribution in [0, 0.1) is 0 Å². The number of benzene rings is 2. The summed E-state index contributed by atoms with van der Waals surface area (Å²) in [7, 11) is 5.77. The Balaban J connectivity index is 1.44. The number of piperazine rings is 1. The molecule has 2 aromatic carbocycles. The summed E-state index contributed by atoms with van der Waals surface area (Å²) < 4.78 is 14.3. The number of carbonyl (C=O) groups is 1. The van der Waals surface area contributed by atoms with E-state index in [1.54, 1.807) is 7.11 Å². The molecule has 6 rings (SSSR count). The minimum atomic E-state index is -0.0595. The monoisotopic (exact) mass is 514 g/mol. The lowest BCUT2D eigenvalue weighted by Gasteiger charge is -2.32. The van der Waals surface area contributed by atoms with Gasteiger partial charge in [-0.2, -0.15) is 0 Å². The molecule has 1 aromatic heterocycles. The predicted molar refractivity (Wildman–Crippen MR) is 153 cm³/mol. The van der Waals surface area contributed by atoms with E-state index >= 15 is 0 Å². The number of allylic oxidation sites excluding steroid dienone is 1. The number of ether oxygens (including phenoxy) is 2. The van der Waals surface area contributed by atoms with E-state index in [1.807, 2.05) is 31.3 Å². The van der Waals surface area contributed by atoms with Crippen molar-refractivity contribution in [2.45, 2.75) is 38.1 Å². The van der Waals surface area contributed by atoms with E-state index in [9.17, 15) is 4.79 Å². The van der Waals surface area contributed by atoms with E-state index in [1.165, 1.54) is 36.9 Å². The average molecular weight is 515 g/mol. The van der Waals surface area contributed by atoms with Crippen LogP contribution in [0.5, 0.6) is 11.5 Å². The fourth-order valence-corrected chi connectivity index (χ4v) is 6.33. The lowest BCUT2D eigenvalue weighted by molar-refractivity contribution is 0.101. The van der Waals surface area contributed by atoms with E-state index in [0.717, 1.165) is 61.7 Å². The number of hydrogen-bond acceptors (Lipinski definition) is 6. The van der Waals surface area contributed by atoms with Gasteiger partial charge >= 0.3 is 0 Å². The first-order valence-corrected chi connectivity index (χ1v) is 13.9. The molecular weight excluding hydrogens is 476 g/mol. The zero-order valence-corrected chi connectivity index (χ0v) is 22.8. The first-order chi connectivity index (χ1) is 18.6. The number of anilines is 1. The van der Waals surface area contributed by atoms with Gasteiger partial charge in [-0.05, 0) is 68.3 Å². The van der Waals surface area contributed by atoms with Crippen LogP contribution >= 0.6 is 0 Å². The highest BCUT2D eigenvalue weighted by molar-refractivity contribution is 6.15. The number of nitrogens with one attached hydrogen (secondary N) is 1. The van der Waals surface area contributed by atoms with Crippen LogP contribution in [0.1, 0.15) is 53.2 Å². The van der Waals surface area contributed by atoms with Crippen LogP contribution in [0.15, 0.2) is 42.2 Å². The normalized spacial score (nSPS) is 19.9. The molecule has 2 aliphatic heterocycles. The molecule has 7 nitrogen and oxygen atoms in total. The maximum Gasteiger partial charge on any atom is 0.232 e. The Bertz CT molecular complexity index is 1380.